The Hall–Kier alpha value is -2.09. The molecule has 0 unspecified atom stereocenters. The molecule has 3 N–H and O–H groups in total. The van der Waals surface area contributed by atoms with Gasteiger partial charge in [-0.25, -0.2) is 4.68 Å². The maximum atomic E-state index is 11.8. The van der Waals surface area contributed by atoms with E-state index in [1.54, 1.807) is 0 Å². The standard InChI is InChI=1S/C10H13ClN4O4/c1-19-8(17)5-15-10(18)9(11)6(4-14-15)13-3-2-7(12)16/h4,13H,2-3,5H2,1H3,(H2,12,16). The molecule has 0 aliphatic heterocycles. The van der Waals surface area contributed by atoms with Gasteiger partial charge in [-0.15, -0.1) is 0 Å². The fraction of sp³-hybridized carbons (Fsp3) is 0.400. The molecule has 0 atom stereocenters. The number of nitrogens with one attached hydrogen (secondary N) is 1. The van der Waals surface area contributed by atoms with E-state index >= 15 is 0 Å². The second kappa shape index (κ2) is 6.74. The Labute approximate surface area is 113 Å². The molecule has 0 fully saturated rings. The van der Waals surface area contributed by atoms with Crippen molar-refractivity contribution in [1.29, 1.82) is 0 Å². The number of halogens is 1. The lowest BCUT2D eigenvalue weighted by molar-refractivity contribution is -0.141. The van der Waals surface area contributed by atoms with Gasteiger partial charge in [0.25, 0.3) is 5.56 Å². The Morgan fingerprint density at radius 2 is 2.26 bits per heavy atom. The number of ether oxygens (including phenoxy) is 1. The van der Waals surface area contributed by atoms with Crippen LogP contribution in [0.3, 0.4) is 0 Å². The number of methoxy groups -OCH3 is 1. The zero-order chi connectivity index (χ0) is 14.4. The Kier molecular flexibility index (Phi) is 5.31. The number of anilines is 1. The summed E-state index contributed by atoms with van der Waals surface area (Å²) in [5, 5.41) is 6.40. The van der Waals surface area contributed by atoms with Crippen LogP contribution in [-0.2, 0) is 20.9 Å². The molecule has 0 aliphatic rings. The smallest absolute Gasteiger partial charge is 0.327 e. The van der Waals surface area contributed by atoms with Gasteiger partial charge in [-0.05, 0) is 0 Å². The van der Waals surface area contributed by atoms with Crippen LogP contribution >= 0.6 is 11.6 Å². The molecule has 8 nitrogen and oxygen atoms in total. The molecule has 0 saturated carbocycles. The number of hydrogen-bond acceptors (Lipinski definition) is 6. The Morgan fingerprint density at radius 3 is 2.84 bits per heavy atom. The maximum absolute atomic E-state index is 11.8. The summed E-state index contributed by atoms with van der Waals surface area (Å²) in [5.41, 5.74) is 4.62. The first-order chi connectivity index (χ1) is 8.95. The van der Waals surface area contributed by atoms with Crippen molar-refractivity contribution in [2.24, 2.45) is 5.73 Å². The molecule has 1 aromatic rings. The van der Waals surface area contributed by atoms with Crippen LogP contribution in [0.2, 0.25) is 5.02 Å². The lowest BCUT2D eigenvalue weighted by atomic mass is 10.4. The van der Waals surface area contributed by atoms with Crippen molar-refractivity contribution in [3.63, 3.8) is 0 Å². The topological polar surface area (TPSA) is 116 Å². The quantitative estimate of drug-likeness (QED) is 0.672. The van der Waals surface area contributed by atoms with Crippen molar-refractivity contribution in [2.45, 2.75) is 13.0 Å². The van der Waals surface area contributed by atoms with Gasteiger partial charge in [-0.2, -0.15) is 5.10 Å². The Balaban J connectivity index is 2.82. The second-order valence-corrected chi connectivity index (χ2v) is 3.93. The second-order valence-electron chi connectivity index (χ2n) is 3.55. The number of carbonyl (C=O) groups excluding carboxylic acids is 2. The molecule has 9 heteroatoms. The number of nitrogens with zero attached hydrogens (tertiary/aromatic N) is 2. The van der Waals surface area contributed by atoms with Gasteiger partial charge in [-0.1, -0.05) is 11.6 Å². The van der Waals surface area contributed by atoms with Crippen molar-refractivity contribution in [3.05, 3.63) is 21.6 Å². The summed E-state index contributed by atoms with van der Waals surface area (Å²) in [6.07, 6.45) is 1.38. The minimum absolute atomic E-state index is 0.0988. The van der Waals surface area contributed by atoms with Crippen LogP contribution in [0.15, 0.2) is 11.0 Å². The van der Waals surface area contributed by atoms with Crippen molar-refractivity contribution in [1.82, 2.24) is 9.78 Å². The van der Waals surface area contributed by atoms with Gasteiger partial charge in [0, 0.05) is 13.0 Å². The van der Waals surface area contributed by atoms with E-state index in [0.29, 0.717) is 0 Å². The molecule has 1 amide bonds. The van der Waals surface area contributed by atoms with Gasteiger partial charge in [0.15, 0.2) is 0 Å². The third kappa shape index (κ3) is 4.25. The van der Waals surface area contributed by atoms with Crippen molar-refractivity contribution in [2.75, 3.05) is 19.0 Å². The number of hydrogen-bond donors (Lipinski definition) is 2. The molecule has 1 heterocycles. The van der Waals surface area contributed by atoms with Crippen molar-refractivity contribution in [3.8, 4) is 0 Å². The summed E-state index contributed by atoms with van der Waals surface area (Å²) in [7, 11) is 1.20. The summed E-state index contributed by atoms with van der Waals surface area (Å²) in [6, 6.07) is 0. The summed E-state index contributed by atoms with van der Waals surface area (Å²) >= 11 is 5.84. The highest BCUT2D eigenvalue weighted by Crippen LogP contribution is 2.14. The SMILES string of the molecule is COC(=O)Cn1ncc(NCCC(N)=O)c(Cl)c1=O. The van der Waals surface area contributed by atoms with E-state index in [-0.39, 0.29) is 30.2 Å². The summed E-state index contributed by atoms with van der Waals surface area (Å²) in [5.74, 6) is -1.09. The van der Waals surface area contributed by atoms with Crippen LogP contribution in [0.5, 0.6) is 0 Å². The summed E-state index contributed by atoms with van der Waals surface area (Å²) < 4.78 is 5.30. The summed E-state index contributed by atoms with van der Waals surface area (Å²) in [4.78, 5) is 33.4. The van der Waals surface area contributed by atoms with Gasteiger partial charge in [0.05, 0.1) is 19.0 Å². The van der Waals surface area contributed by atoms with Crippen LogP contribution in [0, 0.1) is 0 Å². The zero-order valence-corrected chi connectivity index (χ0v) is 10.9. The lowest BCUT2D eigenvalue weighted by Crippen LogP contribution is -2.28. The minimum Gasteiger partial charge on any atom is -0.468 e. The molecule has 104 valence electrons. The number of carbonyl (C=O) groups is 2. The van der Waals surface area contributed by atoms with Crippen LogP contribution < -0.4 is 16.6 Å². The highest BCUT2D eigenvalue weighted by molar-refractivity contribution is 6.32. The average Bonchev–Trinajstić information content (AvgIpc) is 2.37. The van der Waals surface area contributed by atoms with Crippen LogP contribution in [0.4, 0.5) is 5.69 Å². The fourth-order valence-corrected chi connectivity index (χ4v) is 1.42. The number of primary amides is 1. The fourth-order valence-electron chi connectivity index (χ4n) is 1.21. The van der Waals surface area contributed by atoms with Crippen LogP contribution in [-0.4, -0.2) is 35.3 Å². The number of nitrogens with two attached hydrogens (primary N) is 1. The molecule has 1 rings (SSSR count). The number of rotatable bonds is 6. The van der Waals surface area contributed by atoms with E-state index in [1.165, 1.54) is 13.3 Å². The molecule has 0 saturated heterocycles. The van der Waals surface area contributed by atoms with Gasteiger partial charge in [-0.3, -0.25) is 14.4 Å². The van der Waals surface area contributed by atoms with E-state index in [4.69, 9.17) is 17.3 Å². The first-order valence-corrected chi connectivity index (χ1v) is 5.68. The third-order valence-electron chi connectivity index (χ3n) is 2.18. The summed E-state index contributed by atoms with van der Waals surface area (Å²) in [6.45, 7) is -0.0895. The van der Waals surface area contributed by atoms with Gasteiger partial charge >= 0.3 is 5.97 Å². The lowest BCUT2D eigenvalue weighted by Gasteiger charge is -2.08. The Bertz CT molecular complexity index is 543. The Morgan fingerprint density at radius 1 is 1.58 bits per heavy atom. The molecule has 1 aromatic heterocycles. The minimum atomic E-state index is -0.629. The third-order valence-corrected chi connectivity index (χ3v) is 2.54. The predicted molar refractivity (Wildman–Crippen MR) is 67.8 cm³/mol. The molecule has 0 aliphatic carbocycles. The van der Waals surface area contributed by atoms with E-state index in [0.717, 1.165) is 4.68 Å². The number of aromatic nitrogens is 2. The number of amides is 1. The average molecular weight is 289 g/mol. The molecular formula is C10H13ClN4O4. The normalized spacial score (nSPS) is 10.0. The van der Waals surface area contributed by atoms with Crippen molar-refractivity contribution < 1.29 is 14.3 Å². The van der Waals surface area contributed by atoms with Gasteiger partial charge < -0.3 is 15.8 Å². The van der Waals surface area contributed by atoms with Crippen molar-refractivity contribution >= 4 is 29.2 Å². The zero-order valence-electron chi connectivity index (χ0n) is 10.2. The predicted octanol–water partition coefficient (Wildman–Crippen LogP) is -0.643. The number of esters is 1. The molecular weight excluding hydrogens is 276 g/mol. The first kappa shape index (κ1) is 15.0. The molecule has 0 spiro atoms. The van der Waals surface area contributed by atoms with Gasteiger partial charge in [0.2, 0.25) is 5.91 Å². The monoisotopic (exact) mass is 288 g/mol. The van der Waals surface area contributed by atoms with E-state index < -0.39 is 17.4 Å². The van der Waals surface area contributed by atoms with Gasteiger partial charge in [0.1, 0.15) is 11.6 Å². The van der Waals surface area contributed by atoms with E-state index in [1.807, 2.05) is 0 Å². The largest absolute Gasteiger partial charge is 0.468 e. The van der Waals surface area contributed by atoms with Crippen LogP contribution in [0.1, 0.15) is 6.42 Å². The van der Waals surface area contributed by atoms with E-state index in [9.17, 15) is 14.4 Å². The molecule has 0 aromatic carbocycles. The van der Waals surface area contributed by atoms with Crippen LogP contribution in [0.25, 0.3) is 0 Å². The molecule has 0 bridgehead atoms. The maximum Gasteiger partial charge on any atom is 0.327 e. The molecule has 19 heavy (non-hydrogen) atoms. The molecule has 0 radical (unpaired) electrons. The highest BCUT2D eigenvalue weighted by atomic mass is 35.5. The first-order valence-electron chi connectivity index (χ1n) is 5.30. The highest BCUT2D eigenvalue weighted by Gasteiger charge is 2.11. The van der Waals surface area contributed by atoms with E-state index in [2.05, 4.69) is 15.2 Å².